The van der Waals surface area contributed by atoms with E-state index >= 15 is 0 Å². The van der Waals surface area contributed by atoms with E-state index in [4.69, 9.17) is 4.74 Å². The molecule has 0 bridgehead atoms. The minimum absolute atomic E-state index is 0.283. The van der Waals surface area contributed by atoms with E-state index in [1.165, 1.54) is 7.11 Å². The van der Waals surface area contributed by atoms with Gasteiger partial charge in [0, 0.05) is 6.54 Å². The summed E-state index contributed by atoms with van der Waals surface area (Å²) in [7, 11) is 3.43. The maximum Gasteiger partial charge on any atom is 0.311 e. The maximum atomic E-state index is 11.6. The standard InChI is InChI=1S/C12H23NO3/c1-4-10(11(14)16-3)12(15)6-5-8-13(2)9-7-12/h10,15H,4-9H2,1-3H3. The van der Waals surface area contributed by atoms with Crippen LogP contribution >= 0.6 is 0 Å². The van der Waals surface area contributed by atoms with Gasteiger partial charge in [-0.25, -0.2) is 0 Å². The van der Waals surface area contributed by atoms with E-state index < -0.39 is 5.60 Å². The van der Waals surface area contributed by atoms with Crippen molar-refractivity contribution in [3.8, 4) is 0 Å². The van der Waals surface area contributed by atoms with Crippen LogP contribution in [0.25, 0.3) is 0 Å². The molecule has 94 valence electrons. The Morgan fingerprint density at radius 2 is 2.19 bits per heavy atom. The van der Waals surface area contributed by atoms with Crippen molar-refractivity contribution in [3.05, 3.63) is 0 Å². The van der Waals surface area contributed by atoms with Crippen LogP contribution in [0.15, 0.2) is 0 Å². The van der Waals surface area contributed by atoms with Gasteiger partial charge in [-0.1, -0.05) is 6.92 Å². The Bertz CT molecular complexity index is 244. The summed E-state index contributed by atoms with van der Waals surface area (Å²) < 4.78 is 4.78. The number of aliphatic hydroxyl groups is 1. The van der Waals surface area contributed by atoms with Gasteiger partial charge in [0.15, 0.2) is 0 Å². The SMILES string of the molecule is CCC(C(=O)OC)C1(O)CCCN(C)CC1. The molecule has 4 nitrogen and oxygen atoms in total. The Hall–Kier alpha value is -0.610. The smallest absolute Gasteiger partial charge is 0.311 e. The van der Waals surface area contributed by atoms with Crippen molar-refractivity contribution in [3.63, 3.8) is 0 Å². The fourth-order valence-electron chi connectivity index (χ4n) is 2.53. The number of carbonyl (C=O) groups excluding carboxylic acids is 1. The van der Waals surface area contributed by atoms with E-state index in [-0.39, 0.29) is 11.9 Å². The molecular formula is C12H23NO3. The van der Waals surface area contributed by atoms with Gasteiger partial charge in [0.2, 0.25) is 0 Å². The van der Waals surface area contributed by atoms with E-state index in [9.17, 15) is 9.90 Å². The second-order valence-corrected chi connectivity index (χ2v) is 4.74. The molecule has 0 spiro atoms. The lowest BCUT2D eigenvalue weighted by atomic mass is 9.80. The van der Waals surface area contributed by atoms with Crippen molar-refractivity contribution in [1.82, 2.24) is 4.90 Å². The van der Waals surface area contributed by atoms with Crippen molar-refractivity contribution in [1.29, 1.82) is 0 Å². The van der Waals surface area contributed by atoms with E-state index in [2.05, 4.69) is 4.90 Å². The summed E-state index contributed by atoms with van der Waals surface area (Å²) >= 11 is 0. The third-order valence-electron chi connectivity index (χ3n) is 3.62. The molecule has 1 fully saturated rings. The number of esters is 1. The Kier molecular flexibility index (Phi) is 4.74. The Balaban J connectivity index is 2.76. The summed E-state index contributed by atoms with van der Waals surface area (Å²) in [6.45, 7) is 3.75. The predicted molar refractivity (Wildman–Crippen MR) is 62.1 cm³/mol. The van der Waals surface area contributed by atoms with Gasteiger partial charge in [-0.15, -0.1) is 0 Å². The number of methoxy groups -OCH3 is 1. The summed E-state index contributed by atoms with van der Waals surface area (Å²) in [6, 6.07) is 0. The van der Waals surface area contributed by atoms with Crippen LogP contribution in [-0.2, 0) is 9.53 Å². The Morgan fingerprint density at radius 3 is 2.75 bits per heavy atom. The highest BCUT2D eigenvalue weighted by Gasteiger charge is 2.41. The number of hydrogen-bond donors (Lipinski definition) is 1. The first-order valence-corrected chi connectivity index (χ1v) is 6.02. The second-order valence-electron chi connectivity index (χ2n) is 4.74. The minimum atomic E-state index is -0.882. The van der Waals surface area contributed by atoms with Crippen LogP contribution in [0.2, 0.25) is 0 Å². The quantitative estimate of drug-likeness (QED) is 0.734. The van der Waals surface area contributed by atoms with Gasteiger partial charge in [0.1, 0.15) is 0 Å². The maximum absolute atomic E-state index is 11.6. The number of likely N-dealkylation sites (tertiary alicyclic amines) is 1. The number of rotatable bonds is 3. The second kappa shape index (κ2) is 5.64. The average molecular weight is 229 g/mol. The van der Waals surface area contributed by atoms with Crippen LogP contribution in [-0.4, -0.2) is 48.8 Å². The topological polar surface area (TPSA) is 49.8 Å². The average Bonchev–Trinajstić information content (AvgIpc) is 2.42. The Morgan fingerprint density at radius 1 is 1.50 bits per heavy atom. The molecule has 0 aromatic carbocycles. The lowest BCUT2D eigenvalue weighted by Crippen LogP contribution is -2.43. The van der Waals surface area contributed by atoms with Crippen molar-refractivity contribution in [2.75, 3.05) is 27.2 Å². The first-order valence-electron chi connectivity index (χ1n) is 6.02. The van der Waals surface area contributed by atoms with Gasteiger partial charge in [0.25, 0.3) is 0 Å². The van der Waals surface area contributed by atoms with Crippen LogP contribution in [0.1, 0.15) is 32.6 Å². The minimum Gasteiger partial charge on any atom is -0.469 e. The highest BCUT2D eigenvalue weighted by Crippen LogP contribution is 2.32. The van der Waals surface area contributed by atoms with E-state index in [1.54, 1.807) is 0 Å². The number of hydrogen-bond acceptors (Lipinski definition) is 4. The van der Waals surface area contributed by atoms with Crippen molar-refractivity contribution >= 4 is 5.97 Å². The first kappa shape index (κ1) is 13.5. The number of carbonyl (C=O) groups is 1. The first-order chi connectivity index (χ1) is 7.53. The molecule has 2 atom stereocenters. The molecule has 0 saturated carbocycles. The molecule has 1 aliphatic rings. The fourth-order valence-corrected chi connectivity index (χ4v) is 2.53. The van der Waals surface area contributed by atoms with Crippen molar-refractivity contribution in [2.45, 2.75) is 38.2 Å². The highest BCUT2D eigenvalue weighted by molar-refractivity contribution is 5.73. The zero-order chi connectivity index (χ0) is 12.2. The zero-order valence-corrected chi connectivity index (χ0v) is 10.5. The molecule has 1 saturated heterocycles. The summed E-state index contributed by atoms with van der Waals surface area (Å²) in [5.41, 5.74) is -0.882. The summed E-state index contributed by atoms with van der Waals surface area (Å²) in [6.07, 6.45) is 2.90. The molecule has 16 heavy (non-hydrogen) atoms. The van der Waals surface area contributed by atoms with E-state index in [0.717, 1.165) is 19.5 Å². The molecule has 1 rings (SSSR count). The van der Waals surface area contributed by atoms with E-state index in [1.807, 2.05) is 14.0 Å². The lowest BCUT2D eigenvalue weighted by molar-refractivity contribution is -0.157. The van der Waals surface area contributed by atoms with Gasteiger partial charge in [-0.3, -0.25) is 4.79 Å². The normalized spacial score (nSPS) is 29.5. The third kappa shape index (κ3) is 2.95. The molecule has 0 aromatic heterocycles. The summed E-state index contributed by atoms with van der Waals surface area (Å²) in [5, 5.41) is 10.6. The molecule has 1 heterocycles. The van der Waals surface area contributed by atoms with Gasteiger partial charge in [-0.05, 0) is 39.3 Å². The van der Waals surface area contributed by atoms with Crippen molar-refractivity contribution < 1.29 is 14.6 Å². The van der Waals surface area contributed by atoms with Crippen LogP contribution in [0.5, 0.6) is 0 Å². The number of ether oxygens (including phenoxy) is 1. The molecule has 0 aromatic rings. The van der Waals surface area contributed by atoms with Gasteiger partial charge < -0.3 is 14.7 Å². The summed E-state index contributed by atoms with van der Waals surface area (Å²) in [4.78, 5) is 13.8. The lowest BCUT2D eigenvalue weighted by Gasteiger charge is -2.33. The summed E-state index contributed by atoms with van der Waals surface area (Å²) in [5.74, 6) is -0.668. The van der Waals surface area contributed by atoms with Crippen LogP contribution in [0.3, 0.4) is 0 Å². The largest absolute Gasteiger partial charge is 0.469 e. The van der Waals surface area contributed by atoms with Gasteiger partial charge in [0.05, 0.1) is 18.6 Å². The number of nitrogens with zero attached hydrogens (tertiary/aromatic N) is 1. The molecular weight excluding hydrogens is 206 g/mol. The molecule has 4 heteroatoms. The van der Waals surface area contributed by atoms with Gasteiger partial charge >= 0.3 is 5.97 Å². The fraction of sp³-hybridized carbons (Fsp3) is 0.917. The highest BCUT2D eigenvalue weighted by atomic mass is 16.5. The molecule has 2 unspecified atom stereocenters. The monoisotopic (exact) mass is 229 g/mol. The molecule has 0 aliphatic carbocycles. The van der Waals surface area contributed by atoms with E-state index in [0.29, 0.717) is 19.3 Å². The van der Waals surface area contributed by atoms with Gasteiger partial charge in [-0.2, -0.15) is 0 Å². The molecule has 0 radical (unpaired) electrons. The zero-order valence-electron chi connectivity index (χ0n) is 10.5. The predicted octanol–water partition coefficient (Wildman–Crippen LogP) is 1.03. The van der Waals surface area contributed by atoms with Crippen LogP contribution in [0, 0.1) is 5.92 Å². The Labute approximate surface area is 97.6 Å². The van der Waals surface area contributed by atoms with Crippen molar-refractivity contribution in [2.24, 2.45) is 5.92 Å². The third-order valence-corrected chi connectivity index (χ3v) is 3.62. The molecule has 1 N–H and O–H groups in total. The van der Waals surface area contributed by atoms with Crippen LogP contribution < -0.4 is 0 Å². The van der Waals surface area contributed by atoms with Crippen LogP contribution in [0.4, 0.5) is 0 Å². The molecule has 0 amide bonds. The molecule has 1 aliphatic heterocycles.